The highest BCUT2D eigenvalue weighted by molar-refractivity contribution is 5.95. The number of benzene rings is 2. The summed E-state index contributed by atoms with van der Waals surface area (Å²) in [6.45, 7) is 4.18. The van der Waals surface area contributed by atoms with Gasteiger partial charge in [-0.25, -0.2) is 0 Å². The molecule has 0 heterocycles. The molecule has 2 rings (SSSR count). The molecule has 0 bridgehead atoms. The molecule has 1 amide bonds. The van der Waals surface area contributed by atoms with Crippen molar-refractivity contribution in [1.82, 2.24) is 9.80 Å². The molecule has 0 aliphatic carbocycles. The van der Waals surface area contributed by atoms with Crippen LogP contribution < -0.4 is 9.47 Å². The van der Waals surface area contributed by atoms with Crippen LogP contribution in [0.2, 0.25) is 0 Å². The summed E-state index contributed by atoms with van der Waals surface area (Å²) in [4.78, 5) is 17.0. The highest BCUT2D eigenvalue weighted by atomic mass is 16.5. The molecule has 0 N–H and O–H groups in total. The lowest BCUT2D eigenvalue weighted by molar-refractivity contribution is 0.0731. The number of hydrogen-bond acceptors (Lipinski definition) is 5. The van der Waals surface area contributed by atoms with Gasteiger partial charge in [-0.2, -0.15) is 5.26 Å². The average Bonchev–Trinajstić information content (AvgIpc) is 2.71. The first kappa shape index (κ1) is 21.3. The largest absolute Gasteiger partial charge is 0.493 e. The SMILES string of the molecule is CCOc1cc(C(=O)N(CCN(C)C)Cc2ccc(C#N)cc2)ccc1OC. The van der Waals surface area contributed by atoms with Crippen molar-refractivity contribution in [3.63, 3.8) is 0 Å². The van der Waals surface area contributed by atoms with Crippen LogP contribution in [-0.2, 0) is 6.54 Å². The fourth-order valence-electron chi connectivity index (χ4n) is 2.74. The normalized spacial score (nSPS) is 10.4. The van der Waals surface area contributed by atoms with E-state index in [-0.39, 0.29) is 5.91 Å². The Labute approximate surface area is 166 Å². The van der Waals surface area contributed by atoms with E-state index < -0.39 is 0 Å². The zero-order chi connectivity index (χ0) is 20.5. The van der Waals surface area contributed by atoms with Gasteiger partial charge in [-0.3, -0.25) is 4.79 Å². The molecule has 0 radical (unpaired) electrons. The fraction of sp³-hybridized carbons (Fsp3) is 0.364. The summed E-state index contributed by atoms with van der Waals surface area (Å²) in [5.74, 6) is 1.09. The minimum Gasteiger partial charge on any atom is -0.493 e. The van der Waals surface area contributed by atoms with Gasteiger partial charge < -0.3 is 19.3 Å². The van der Waals surface area contributed by atoms with Crippen molar-refractivity contribution in [2.45, 2.75) is 13.5 Å². The lowest BCUT2D eigenvalue weighted by Crippen LogP contribution is -2.36. The van der Waals surface area contributed by atoms with Gasteiger partial charge in [-0.15, -0.1) is 0 Å². The van der Waals surface area contributed by atoms with E-state index in [0.717, 1.165) is 12.1 Å². The third kappa shape index (κ3) is 5.73. The van der Waals surface area contributed by atoms with Gasteiger partial charge >= 0.3 is 0 Å². The molecule has 0 saturated heterocycles. The van der Waals surface area contributed by atoms with E-state index >= 15 is 0 Å². The predicted octanol–water partition coefficient (Wildman–Crippen LogP) is 3.17. The van der Waals surface area contributed by atoms with Crippen LogP contribution in [0.25, 0.3) is 0 Å². The van der Waals surface area contributed by atoms with Gasteiger partial charge in [0, 0.05) is 25.2 Å². The fourth-order valence-corrected chi connectivity index (χ4v) is 2.74. The van der Waals surface area contributed by atoms with Crippen molar-refractivity contribution in [1.29, 1.82) is 5.26 Å². The summed E-state index contributed by atoms with van der Waals surface area (Å²) < 4.78 is 10.9. The second-order valence-corrected chi connectivity index (χ2v) is 6.64. The van der Waals surface area contributed by atoms with Crippen LogP contribution in [0.5, 0.6) is 11.5 Å². The number of nitrogens with zero attached hydrogens (tertiary/aromatic N) is 3. The molecule has 6 heteroatoms. The molecule has 148 valence electrons. The maximum Gasteiger partial charge on any atom is 0.254 e. The number of amides is 1. The first-order valence-electron chi connectivity index (χ1n) is 9.22. The molecule has 0 atom stereocenters. The van der Waals surface area contributed by atoms with E-state index in [1.807, 2.05) is 38.1 Å². The maximum atomic E-state index is 13.2. The van der Waals surface area contributed by atoms with Crippen LogP contribution in [-0.4, -0.2) is 56.6 Å². The lowest BCUT2D eigenvalue weighted by atomic mass is 10.1. The van der Waals surface area contributed by atoms with Gasteiger partial charge in [0.2, 0.25) is 0 Å². The van der Waals surface area contributed by atoms with Gasteiger partial charge in [-0.05, 0) is 56.9 Å². The molecule has 2 aromatic carbocycles. The Morgan fingerprint density at radius 3 is 2.36 bits per heavy atom. The minimum absolute atomic E-state index is 0.0742. The molecule has 2 aromatic rings. The van der Waals surface area contributed by atoms with Gasteiger partial charge in [0.25, 0.3) is 5.91 Å². The highest BCUT2D eigenvalue weighted by Crippen LogP contribution is 2.28. The summed E-state index contributed by atoms with van der Waals surface area (Å²) >= 11 is 0. The number of methoxy groups -OCH3 is 1. The van der Waals surface area contributed by atoms with Crippen LogP contribution in [0.1, 0.15) is 28.4 Å². The van der Waals surface area contributed by atoms with Crippen molar-refractivity contribution in [2.24, 2.45) is 0 Å². The van der Waals surface area contributed by atoms with Gasteiger partial charge in [0.05, 0.1) is 25.3 Å². The molecule has 0 saturated carbocycles. The summed E-state index contributed by atoms with van der Waals surface area (Å²) in [5, 5.41) is 8.96. The van der Waals surface area contributed by atoms with E-state index in [4.69, 9.17) is 14.7 Å². The number of hydrogen-bond donors (Lipinski definition) is 0. The van der Waals surface area contributed by atoms with E-state index in [9.17, 15) is 4.79 Å². The van der Waals surface area contributed by atoms with Gasteiger partial charge in [-0.1, -0.05) is 12.1 Å². The van der Waals surface area contributed by atoms with Crippen LogP contribution in [0.3, 0.4) is 0 Å². The summed E-state index contributed by atoms with van der Waals surface area (Å²) in [5.41, 5.74) is 2.13. The molecule has 0 fully saturated rings. The number of carbonyl (C=O) groups excluding carboxylic acids is 1. The quantitative estimate of drug-likeness (QED) is 0.667. The van der Waals surface area contributed by atoms with E-state index in [1.165, 1.54) is 0 Å². The number of likely N-dealkylation sites (N-methyl/N-ethyl adjacent to an activating group) is 1. The summed E-state index contributed by atoms with van der Waals surface area (Å²) in [7, 11) is 5.53. The molecule has 0 aliphatic heterocycles. The molecule has 0 unspecified atom stereocenters. The zero-order valence-corrected chi connectivity index (χ0v) is 16.9. The molecule has 28 heavy (non-hydrogen) atoms. The second kappa shape index (κ2) is 10.3. The van der Waals surface area contributed by atoms with Crippen LogP contribution >= 0.6 is 0 Å². The third-order valence-corrected chi connectivity index (χ3v) is 4.27. The average molecular weight is 381 g/mol. The highest BCUT2D eigenvalue weighted by Gasteiger charge is 2.18. The first-order chi connectivity index (χ1) is 13.5. The summed E-state index contributed by atoms with van der Waals surface area (Å²) in [6.07, 6.45) is 0. The van der Waals surface area contributed by atoms with Gasteiger partial charge in [0.1, 0.15) is 0 Å². The monoisotopic (exact) mass is 381 g/mol. The standard InChI is InChI=1S/C22H27N3O3/c1-5-28-21-14-19(10-11-20(21)27-4)22(26)25(13-12-24(2)3)16-18-8-6-17(15-23)7-9-18/h6-11,14H,5,12-13,16H2,1-4H3. The van der Waals surface area contributed by atoms with Crippen LogP contribution in [0.4, 0.5) is 0 Å². The van der Waals surface area contributed by atoms with E-state index in [2.05, 4.69) is 6.07 Å². The molecule has 0 spiro atoms. The summed E-state index contributed by atoms with van der Waals surface area (Å²) in [6, 6.07) is 14.7. The Morgan fingerprint density at radius 2 is 1.79 bits per heavy atom. The Morgan fingerprint density at radius 1 is 1.07 bits per heavy atom. The Bertz CT molecular complexity index is 826. The number of rotatable bonds is 9. The van der Waals surface area contributed by atoms with Crippen molar-refractivity contribution in [3.05, 3.63) is 59.2 Å². The van der Waals surface area contributed by atoms with E-state index in [1.54, 1.807) is 42.3 Å². The molecule has 0 aliphatic rings. The molecule has 6 nitrogen and oxygen atoms in total. The number of ether oxygens (including phenoxy) is 2. The van der Waals surface area contributed by atoms with Crippen molar-refractivity contribution in [2.75, 3.05) is 40.9 Å². The lowest BCUT2D eigenvalue weighted by Gasteiger charge is -2.25. The maximum absolute atomic E-state index is 13.2. The zero-order valence-electron chi connectivity index (χ0n) is 16.9. The van der Waals surface area contributed by atoms with Crippen LogP contribution in [0.15, 0.2) is 42.5 Å². The topological polar surface area (TPSA) is 65.8 Å². The van der Waals surface area contributed by atoms with Crippen molar-refractivity contribution < 1.29 is 14.3 Å². The number of carbonyl (C=O) groups is 1. The predicted molar refractivity (Wildman–Crippen MR) is 109 cm³/mol. The molecular formula is C22H27N3O3. The van der Waals surface area contributed by atoms with Crippen LogP contribution in [0, 0.1) is 11.3 Å². The third-order valence-electron chi connectivity index (χ3n) is 4.27. The first-order valence-corrected chi connectivity index (χ1v) is 9.22. The van der Waals surface area contributed by atoms with Crippen molar-refractivity contribution >= 4 is 5.91 Å². The minimum atomic E-state index is -0.0742. The number of nitriles is 1. The van der Waals surface area contributed by atoms with E-state index in [0.29, 0.717) is 42.3 Å². The molecular weight excluding hydrogens is 354 g/mol. The second-order valence-electron chi connectivity index (χ2n) is 6.64. The Balaban J connectivity index is 2.27. The molecule has 0 aromatic heterocycles. The van der Waals surface area contributed by atoms with Gasteiger partial charge in [0.15, 0.2) is 11.5 Å². The Hall–Kier alpha value is -3.04. The van der Waals surface area contributed by atoms with Crippen molar-refractivity contribution in [3.8, 4) is 17.6 Å². The Kier molecular flexibility index (Phi) is 7.85. The smallest absolute Gasteiger partial charge is 0.254 e.